The van der Waals surface area contributed by atoms with Gasteiger partial charge < -0.3 is 4.74 Å². The summed E-state index contributed by atoms with van der Waals surface area (Å²) in [6, 6.07) is 17.3. The van der Waals surface area contributed by atoms with E-state index in [1.54, 1.807) is 7.11 Å². The third-order valence-electron chi connectivity index (χ3n) is 4.47. The fourth-order valence-electron chi connectivity index (χ4n) is 2.95. The molecule has 2 aromatic carbocycles. The second-order valence-electron chi connectivity index (χ2n) is 6.32. The molecule has 2 amide bonds. The van der Waals surface area contributed by atoms with Gasteiger partial charge in [0.1, 0.15) is 5.75 Å². The van der Waals surface area contributed by atoms with Crippen molar-refractivity contribution >= 4 is 29.1 Å². The molecule has 0 aromatic heterocycles. The first-order valence-corrected chi connectivity index (χ1v) is 10.1. The van der Waals surface area contributed by atoms with E-state index in [0.29, 0.717) is 22.8 Å². The first kappa shape index (κ1) is 19.2. The summed E-state index contributed by atoms with van der Waals surface area (Å²) in [5, 5.41) is 0. The van der Waals surface area contributed by atoms with Gasteiger partial charge in [-0.3, -0.25) is 14.5 Å². The molecule has 0 radical (unpaired) electrons. The highest BCUT2D eigenvalue weighted by Crippen LogP contribution is 2.38. The Morgan fingerprint density at radius 2 is 1.67 bits per heavy atom. The smallest absolute Gasteiger partial charge is 0.267 e. The van der Waals surface area contributed by atoms with Crippen LogP contribution in [0, 0.1) is 0 Å². The Labute approximate surface area is 164 Å². The van der Waals surface area contributed by atoms with Crippen molar-refractivity contribution in [3.63, 3.8) is 0 Å². The van der Waals surface area contributed by atoms with Gasteiger partial charge in [-0.2, -0.15) is 0 Å². The highest BCUT2D eigenvalue weighted by Gasteiger charge is 2.38. The van der Waals surface area contributed by atoms with Crippen LogP contribution < -0.4 is 4.74 Å². The number of thioether (sulfide) groups is 1. The van der Waals surface area contributed by atoms with E-state index in [4.69, 9.17) is 4.74 Å². The first-order chi connectivity index (χ1) is 13.2. The van der Waals surface area contributed by atoms with Crippen molar-refractivity contribution in [1.82, 2.24) is 4.90 Å². The fourth-order valence-corrected chi connectivity index (χ4v) is 4.04. The Hall–Kier alpha value is -2.53. The number of carbonyl (C=O) groups excluding carboxylic acids is 2. The number of hydrogen-bond donors (Lipinski definition) is 0. The lowest BCUT2D eigenvalue weighted by molar-refractivity contribution is -0.136. The van der Waals surface area contributed by atoms with E-state index >= 15 is 0 Å². The molecule has 1 aliphatic rings. The second-order valence-corrected chi connectivity index (χ2v) is 7.31. The average Bonchev–Trinajstić information content (AvgIpc) is 2.95. The normalized spacial score (nSPS) is 14.2. The van der Waals surface area contributed by atoms with Gasteiger partial charge >= 0.3 is 0 Å². The van der Waals surface area contributed by atoms with Crippen molar-refractivity contribution in [2.45, 2.75) is 25.5 Å². The summed E-state index contributed by atoms with van der Waals surface area (Å²) in [6.07, 6.45) is 1.74. The SMILES string of the molecule is CCCCN1C(=O)C(SCc2ccccc2)=C(c2ccc(OC)cc2)C1=O. The summed E-state index contributed by atoms with van der Waals surface area (Å²) in [7, 11) is 1.60. The van der Waals surface area contributed by atoms with Gasteiger partial charge in [0.15, 0.2) is 0 Å². The molecule has 4 nitrogen and oxygen atoms in total. The number of hydrogen-bond acceptors (Lipinski definition) is 4. The van der Waals surface area contributed by atoms with Crippen LogP contribution in [-0.4, -0.2) is 30.4 Å². The molecule has 2 aromatic rings. The Kier molecular flexibility index (Phi) is 6.35. The average molecular weight is 381 g/mol. The maximum absolute atomic E-state index is 13.0. The van der Waals surface area contributed by atoms with Gasteiger partial charge in [-0.1, -0.05) is 55.8 Å². The van der Waals surface area contributed by atoms with Gasteiger partial charge in [0.2, 0.25) is 0 Å². The predicted octanol–water partition coefficient (Wildman–Crippen LogP) is 4.51. The maximum Gasteiger partial charge on any atom is 0.267 e. The number of benzene rings is 2. The van der Waals surface area contributed by atoms with Crippen molar-refractivity contribution in [2.24, 2.45) is 0 Å². The quantitative estimate of drug-likeness (QED) is 0.631. The molecule has 0 unspecified atom stereocenters. The summed E-state index contributed by atoms with van der Waals surface area (Å²) in [6.45, 7) is 2.51. The van der Waals surface area contributed by atoms with Crippen LogP contribution >= 0.6 is 11.8 Å². The number of carbonyl (C=O) groups is 2. The van der Waals surface area contributed by atoms with Crippen LogP contribution in [-0.2, 0) is 15.3 Å². The van der Waals surface area contributed by atoms with E-state index in [-0.39, 0.29) is 11.8 Å². The lowest BCUT2D eigenvalue weighted by Gasteiger charge is -2.14. The van der Waals surface area contributed by atoms with Crippen LogP contribution in [0.25, 0.3) is 5.57 Å². The zero-order chi connectivity index (χ0) is 19.2. The van der Waals surface area contributed by atoms with Gasteiger partial charge in [0, 0.05) is 12.3 Å². The highest BCUT2D eigenvalue weighted by atomic mass is 32.2. The van der Waals surface area contributed by atoms with E-state index in [1.807, 2.05) is 61.5 Å². The number of nitrogens with zero attached hydrogens (tertiary/aromatic N) is 1. The Morgan fingerprint density at radius 1 is 0.963 bits per heavy atom. The van der Waals surface area contributed by atoms with Gasteiger partial charge in [0.05, 0.1) is 17.6 Å². The first-order valence-electron chi connectivity index (χ1n) is 9.07. The third kappa shape index (κ3) is 4.25. The van der Waals surface area contributed by atoms with Crippen LogP contribution in [0.5, 0.6) is 5.75 Å². The summed E-state index contributed by atoms with van der Waals surface area (Å²) >= 11 is 1.44. The molecular formula is C22H23NO3S. The number of ether oxygens (including phenoxy) is 1. The van der Waals surface area contributed by atoms with E-state index < -0.39 is 0 Å². The van der Waals surface area contributed by atoms with E-state index in [2.05, 4.69) is 0 Å². The number of rotatable bonds is 8. The topological polar surface area (TPSA) is 46.6 Å². The van der Waals surface area contributed by atoms with Crippen molar-refractivity contribution in [3.8, 4) is 5.75 Å². The lowest BCUT2D eigenvalue weighted by Crippen LogP contribution is -2.32. The van der Waals surface area contributed by atoms with E-state index in [9.17, 15) is 9.59 Å². The standard InChI is InChI=1S/C22H23NO3S/c1-3-4-14-23-21(24)19(17-10-12-18(26-2)13-11-17)20(22(23)25)27-15-16-8-6-5-7-9-16/h5-13H,3-4,14-15H2,1-2H3. The molecular weight excluding hydrogens is 358 g/mol. The molecule has 0 atom stereocenters. The predicted molar refractivity (Wildman–Crippen MR) is 109 cm³/mol. The minimum absolute atomic E-state index is 0.180. The van der Waals surface area contributed by atoms with Crippen molar-refractivity contribution in [3.05, 3.63) is 70.6 Å². The summed E-state index contributed by atoms with van der Waals surface area (Å²) in [5.41, 5.74) is 2.37. The minimum atomic E-state index is -0.200. The summed E-state index contributed by atoms with van der Waals surface area (Å²) in [4.78, 5) is 27.9. The van der Waals surface area contributed by atoms with Crippen molar-refractivity contribution < 1.29 is 14.3 Å². The molecule has 1 heterocycles. The molecule has 0 bridgehead atoms. The second kappa shape index (κ2) is 8.91. The van der Waals surface area contributed by atoms with Gasteiger partial charge in [0.25, 0.3) is 11.8 Å². The monoisotopic (exact) mass is 381 g/mol. The molecule has 1 aliphatic heterocycles. The highest BCUT2D eigenvalue weighted by molar-refractivity contribution is 8.03. The molecule has 5 heteroatoms. The molecule has 0 saturated heterocycles. The molecule has 140 valence electrons. The molecule has 0 aliphatic carbocycles. The van der Waals surface area contributed by atoms with Crippen LogP contribution in [0.15, 0.2) is 59.5 Å². The Morgan fingerprint density at radius 3 is 2.30 bits per heavy atom. The van der Waals surface area contributed by atoms with E-state index in [0.717, 1.165) is 29.7 Å². The third-order valence-corrected chi connectivity index (χ3v) is 5.61. The Balaban J connectivity index is 1.92. The molecule has 0 N–H and O–H groups in total. The van der Waals surface area contributed by atoms with E-state index in [1.165, 1.54) is 16.7 Å². The molecule has 0 saturated carbocycles. The van der Waals surface area contributed by atoms with Gasteiger partial charge in [-0.25, -0.2) is 0 Å². The van der Waals surface area contributed by atoms with Gasteiger partial charge in [-0.15, -0.1) is 11.8 Å². The lowest BCUT2D eigenvalue weighted by atomic mass is 10.1. The van der Waals surface area contributed by atoms with Crippen LogP contribution in [0.1, 0.15) is 30.9 Å². The Bertz CT molecular complexity index is 844. The summed E-state index contributed by atoms with van der Waals surface area (Å²) < 4.78 is 5.20. The zero-order valence-electron chi connectivity index (χ0n) is 15.6. The number of methoxy groups -OCH3 is 1. The number of amides is 2. The fraction of sp³-hybridized carbons (Fsp3) is 0.273. The van der Waals surface area contributed by atoms with Gasteiger partial charge in [-0.05, 0) is 29.7 Å². The summed E-state index contributed by atoms with van der Waals surface area (Å²) in [5.74, 6) is 0.989. The van der Waals surface area contributed by atoms with Crippen molar-refractivity contribution in [1.29, 1.82) is 0 Å². The minimum Gasteiger partial charge on any atom is -0.497 e. The molecule has 0 spiro atoms. The largest absolute Gasteiger partial charge is 0.497 e. The van der Waals surface area contributed by atoms with Crippen LogP contribution in [0.2, 0.25) is 0 Å². The van der Waals surface area contributed by atoms with Crippen LogP contribution in [0.3, 0.4) is 0 Å². The van der Waals surface area contributed by atoms with Crippen molar-refractivity contribution in [2.75, 3.05) is 13.7 Å². The van der Waals surface area contributed by atoms with Crippen LogP contribution in [0.4, 0.5) is 0 Å². The molecule has 0 fully saturated rings. The maximum atomic E-state index is 13.0. The number of imide groups is 1. The number of unbranched alkanes of at least 4 members (excludes halogenated alkanes) is 1. The zero-order valence-corrected chi connectivity index (χ0v) is 16.4. The molecule has 3 rings (SSSR count). The molecule has 27 heavy (non-hydrogen) atoms.